The second-order valence-electron chi connectivity index (χ2n) is 26.7. The first-order valence-corrected chi connectivity index (χ1v) is 28.0. The summed E-state index contributed by atoms with van der Waals surface area (Å²) in [6, 6.07) is 74.3. The number of aromatic nitrogens is 1. The monoisotopic (exact) mass is 1000 g/mol. The maximum absolute atomic E-state index is 2.65. The molecule has 0 radical (unpaired) electrons. The fourth-order valence-corrected chi connectivity index (χ4v) is 12.6. The van der Waals surface area contributed by atoms with Gasteiger partial charge >= 0.3 is 0 Å². The molecule has 2 aliphatic heterocycles. The van der Waals surface area contributed by atoms with Crippen LogP contribution in [0.5, 0.6) is 0 Å². The van der Waals surface area contributed by atoms with Gasteiger partial charge < -0.3 is 14.4 Å². The molecule has 9 aromatic carbocycles. The van der Waals surface area contributed by atoms with Gasteiger partial charge in [0.15, 0.2) is 0 Å². The van der Waals surface area contributed by atoms with Gasteiger partial charge in [0.25, 0.3) is 0 Å². The number of rotatable bonds is 6. The molecule has 384 valence electrons. The third kappa shape index (κ3) is 8.33. The van der Waals surface area contributed by atoms with Crippen LogP contribution in [0.2, 0.25) is 0 Å². The summed E-state index contributed by atoms with van der Waals surface area (Å²) in [7, 11) is 0. The van der Waals surface area contributed by atoms with Crippen molar-refractivity contribution in [3.8, 4) is 16.8 Å². The molecule has 2 aliphatic rings. The van der Waals surface area contributed by atoms with E-state index in [-0.39, 0.29) is 33.8 Å². The van der Waals surface area contributed by atoms with Crippen molar-refractivity contribution in [2.24, 2.45) is 0 Å². The van der Waals surface area contributed by atoms with Crippen LogP contribution in [0.25, 0.3) is 38.6 Å². The summed E-state index contributed by atoms with van der Waals surface area (Å²) in [5, 5.41) is 2.56. The van der Waals surface area contributed by atoms with Gasteiger partial charge in [-0.3, -0.25) is 0 Å². The van der Waals surface area contributed by atoms with E-state index in [1.807, 2.05) is 0 Å². The van der Waals surface area contributed by atoms with Gasteiger partial charge in [-0.15, -0.1) is 0 Å². The lowest BCUT2D eigenvalue weighted by Gasteiger charge is -2.47. The molecular weight excluding hydrogens is 930 g/mol. The van der Waals surface area contributed by atoms with Crippen LogP contribution in [0.1, 0.15) is 130 Å². The fourth-order valence-electron chi connectivity index (χ4n) is 12.6. The molecule has 0 saturated carbocycles. The summed E-state index contributed by atoms with van der Waals surface area (Å²) >= 11 is 0. The van der Waals surface area contributed by atoms with Crippen LogP contribution in [-0.2, 0) is 27.1 Å². The maximum atomic E-state index is 2.65. The smallest absolute Gasteiger partial charge is 0.247 e. The molecule has 0 atom stereocenters. The molecule has 0 unspecified atom stereocenters. The minimum absolute atomic E-state index is 0.0208. The molecule has 77 heavy (non-hydrogen) atoms. The van der Waals surface area contributed by atoms with Crippen LogP contribution in [0, 0.1) is 0 Å². The number of hydrogen-bond donors (Lipinski definition) is 0. The Morgan fingerprint density at radius 1 is 0.429 bits per heavy atom. The summed E-state index contributed by atoms with van der Waals surface area (Å²) in [4.78, 5) is 5.15. The highest BCUT2D eigenvalue weighted by Gasteiger charge is 2.48. The van der Waals surface area contributed by atoms with Gasteiger partial charge in [-0.05, 0) is 156 Å². The van der Waals surface area contributed by atoms with E-state index in [0.717, 1.165) is 17.1 Å². The third-order valence-electron chi connectivity index (χ3n) is 17.1. The van der Waals surface area contributed by atoms with Crippen LogP contribution in [0.3, 0.4) is 0 Å². The molecule has 12 rings (SSSR count). The van der Waals surface area contributed by atoms with E-state index in [1.165, 1.54) is 105 Å². The zero-order chi connectivity index (χ0) is 54.1. The quantitative estimate of drug-likeness (QED) is 0.154. The third-order valence-corrected chi connectivity index (χ3v) is 17.1. The number of fused-ring (bicyclic) bond motifs is 8. The Morgan fingerprint density at radius 3 is 1.62 bits per heavy atom. The number of nitrogens with zero attached hydrogens (tertiary/aromatic N) is 3. The second kappa shape index (κ2) is 17.7. The SMILES string of the molecule is CC(C)(C)c1ccc(-n2c3ccc(C(C)(C)C)cc3c3c4c(ccc32)B2c3ccc(N(c5ccccc5)c5ccc(C(C)(C)C)cc5-c5ccccc5)cc3C(C)(C)c3cc(C(C)(C)C)cc(c32)N4c2ccccc2)cc1. The number of benzene rings is 9. The van der Waals surface area contributed by atoms with Crippen LogP contribution < -0.4 is 26.2 Å². The van der Waals surface area contributed by atoms with E-state index in [9.17, 15) is 0 Å². The summed E-state index contributed by atoms with van der Waals surface area (Å²) in [6.07, 6.45) is 0. The van der Waals surface area contributed by atoms with Crippen molar-refractivity contribution in [3.63, 3.8) is 0 Å². The zero-order valence-electron chi connectivity index (χ0n) is 47.9. The lowest BCUT2D eigenvalue weighted by Crippen LogP contribution is -2.64. The molecule has 0 N–H and O–H groups in total. The van der Waals surface area contributed by atoms with Gasteiger partial charge in [-0.2, -0.15) is 0 Å². The molecule has 0 spiro atoms. The maximum Gasteiger partial charge on any atom is 0.247 e. The van der Waals surface area contributed by atoms with Crippen molar-refractivity contribution in [1.29, 1.82) is 0 Å². The molecule has 0 aliphatic carbocycles. The van der Waals surface area contributed by atoms with Crippen molar-refractivity contribution in [2.45, 2.75) is 124 Å². The molecule has 3 nitrogen and oxygen atoms in total. The minimum atomic E-state index is -0.366. The molecule has 1 aromatic heterocycles. The standard InChI is InChI=1S/C73H74BN3/c1-69(2,3)48-30-34-54(35-31-48)76-63-40-33-50(71(7,8)9)43-57(63)66-64(76)41-38-61-68(66)77(53-28-22-17-23-29-53)65-45-51(72(10,11)12)44-59-67(65)74(61)60-37-36-55(46-58(60)73(59,13)14)75(52-26-20-16-21-27-52)62-39-32-49(70(4,5)6)42-56(62)47-24-18-15-19-25-47/h15-46H,1-14H3. The number of para-hydroxylation sites is 2. The lowest BCUT2D eigenvalue weighted by atomic mass is 9.30. The molecular formula is C73H74BN3. The Hall–Kier alpha value is -7.56. The van der Waals surface area contributed by atoms with Crippen LogP contribution in [0.4, 0.5) is 34.1 Å². The summed E-state index contributed by atoms with van der Waals surface area (Å²) < 4.78 is 2.53. The minimum Gasteiger partial charge on any atom is -0.311 e. The Bertz CT molecular complexity index is 3910. The van der Waals surface area contributed by atoms with Crippen molar-refractivity contribution >= 4 is 79.0 Å². The van der Waals surface area contributed by atoms with Gasteiger partial charge in [0, 0.05) is 50.2 Å². The van der Waals surface area contributed by atoms with Gasteiger partial charge in [0.05, 0.1) is 22.4 Å². The first kappa shape index (κ1) is 50.3. The van der Waals surface area contributed by atoms with Gasteiger partial charge in [0.2, 0.25) is 6.71 Å². The van der Waals surface area contributed by atoms with E-state index in [0.29, 0.717) is 0 Å². The Kier molecular flexibility index (Phi) is 11.6. The fraction of sp³-hybridized carbons (Fsp3) is 0.260. The first-order chi connectivity index (χ1) is 36.5. The van der Waals surface area contributed by atoms with Gasteiger partial charge in [-0.1, -0.05) is 212 Å². The first-order valence-electron chi connectivity index (χ1n) is 28.0. The van der Waals surface area contributed by atoms with Gasteiger partial charge in [-0.25, -0.2) is 0 Å². The molecule has 0 saturated heterocycles. The molecule has 0 bridgehead atoms. The van der Waals surface area contributed by atoms with Crippen molar-refractivity contribution in [3.05, 3.63) is 228 Å². The van der Waals surface area contributed by atoms with Crippen LogP contribution in [0.15, 0.2) is 194 Å². The van der Waals surface area contributed by atoms with Crippen molar-refractivity contribution < 1.29 is 0 Å². The van der Waals surface area contributed by atoms with E-state index < -0.39 is 0 Å². The lowest BCUT2D eigenvalue weighted by molar-refractivity contribution is 0.583. The predicted molar refractivity (Wildman–Crippen MR) is 334 cm³/mol. The number of hydrogen-bond acceptors (Lipinski definition) is 2. The van der Waals surface area contributed by atoms with E-state index in [1.54, 1.807) is 0 Å². The van der Waals surface area contributed by atoms with E-state index in [4.69, 9.17) is 0 Å². The molecule has 3 heterocycles. The highest BCUT2D eigenvalue weighted by Crippen LogP contribution is 2.51. The van der Waals surface area contributed by atoms with Crippen molar-refractivity contribution in [1.82, 2.24) is 4.57 Å². The Balaban J connectivity index is 1.18. The predicted octanol–water partition coefficient (Wildman–Crippen LogP) is 18.0. The normalized spacial score (nSPS) is 14.2. The van der Waals surface area contributed by atoms with Crippen LogP contribution in [-0.4, -0.2) is 11.3 Å². The summed E-state index contributed by atoms with van der Waals surface area (Å²) in [5.74, 6) is 0. The average molecular weight is 1000 g/mol. The number of anilines is 6. The highest BCUT2D eigenvalue weighted by atomic mass is 15.2. The Morgan fingerprint density at radius 2 is 0.987 bits per heavy atom. The highest BCUT2D eigenvalue weighted by molar-refractivity contribution is 6.99. The molecule has 4 heteroatoms. The zero-order valence-corrected chi connectivity index (χ0v) is 47.9. The Labute approximate surface area is 459 Å². The molecule has 0 amide bonds. The molecule has 10 aromatic rings. The molecule has 0 fully saturated rings. The van der Waals surface area contributed by atoms with E-state index >= 15 is 0 Å². The topological polar surface area (TPSA) is 11.4 Å². The summed E-state index contributed by atoms with van der Waals surface area (Å²) in [6.45, 7) is 32.9. The second-order valence-corrected chi connectivity index (χ2v) is 26.7. The van der Waals surface area contributed by atoms with Crippen molar-refractivity contribution in [2.75, 3.05) is 9.80 Å². The van der Waals surface area contributed by atoms with E-state index in [2.05, 4.69) is 305 Å². The van der Waals surface area contributed by atoms with Crippen LogP contribution >= 0.6 is 0 Å². The van der Waals surface area contributed by atoms with Gasteiger partial charge in [0.1, 0.15) is 0 Å². The largest absolute Gasteiger partial charge is 0.311 e. The average Bonchev–Trinajstić information content (AvgIpc) is 4.00. The summed E-state index contributed by atoms with van der Waals surface area (Å²) in [5.41, 5.74) is 24.8.